The van der Waals surface area contributed by atoms with Crippen LogP contribution in [0.4, 0.5) is 0 Å². The van der Waals surface area contributed by atoms with Crippen molar-refractivity contribution in [2.45, 2.75) is 32.3 Å². The molecule has 3 aliphatic carbocycles. The van der Waals surface area contributed by atoms with Gasteiger partial charge in [-0.05, 0) is 18.1 Å². The maximum atomic E-state index is 6.28. The van der Waals surface area contributed by atoms with Gasteiger partial charge < -0.3 is 9.47 Å². The number of ether oxygens (including phenoxy) is 2. The van der Waals surface area contributed by atoms with Crippen LogP contribution in [0.5, 0.6) is 0 Å². The molecule has 2 bridgehead atoms. The topological polar surface area (TPSA) is 21.7 Å². The maximum absolute atomic E-state index is 6.28. The van der Waals surface area contributed by atoms with Crippen LogP contribution in [0, 0.1) is 5.92 Å². The van der Waals surface area contributed by atoms with Crippen molar-refractivity contribution in [3.63, 3.8) is 0 Å². The zero-order chi connectivity index (χ0) is 13.3. The maximum Gasteiger partial charge on any atom is 0.0968 e. The SMILES string of the molecule is CCC1=CC2(OCCN3CCOCC3)CC(=C1)C2C. The predicted octanol–water partition coefficient (Wildman–Crippen LogP) is 2.39. The number of allylic oxidation sites excluding steroid dienone is 2. The third kappa shape index (κ3) is 2.51. The first-order valence-corrected chi connectivity index (χ1v) is 7.60. The van der Waals surface area contributed by atoms with E-state index in [0.29, 0.717) is 5.92 Å². The smallest absolute Gasteiger partial charge is 0.0968 e. The minimum Gasteiger partial charge on any atom is -0.379 e. The Balaban J connectivity index is 1.52. The average molecular weight is 263 g/mol. The first kappa shape index (κ1) is 13.3. The third-order valence-electron chi connectivity index (χ3n) is 4.86. The Kier molecular flexibility index (Phi) is 3.79. The molecule has 4 aliphatic rings. The number of hydrogen-bond donors (Lipinski definition) is 0. The van der Waals surface area contributed by atoms with Crippen molar-refractivity contribution in [2.75, 3.05) is 39.5 Å². The van der Waals surface area contributed by atoms with Crippen LogP contribution in [0.1, 0.15) is 26.7 Å². The quantitative estimate of drug-likeness (QED) is 0.760. The van der Waals surface area contributed by atoms with Crippen molar-refractivity contribution in [1.82, 2.24) is 4.90 Å². The zero-order valence-corrected chi connectivity index (χ0v) is 12.2. The fourth-order valence-electron chi connectivity index (χ4n) is 3.36. The van der Waals surface area contributed by atoms with E-state index in [1.54, 1.807) is 5.57 Å². The van der Waals surface area contributed by atoms with Gasteiger partial charge in [-0.3, -0.25) is 4.90 Å². The molecule has 0 radical (unpaired) electrons. The monoisotopic (exact) mass is 263 g/mol. The predicted molar refractivity (Wildman–Crippen MR) is 76.2 cm³/mol. The Morgan fingerprint density at radius 2 is 2.21 bits per heavy atom. The first-order valence-electron chi connectivity index (χ1n) is 7.60. The van der Waals surface area contributed by atoms with E-state index in [9.17, 15) is 0 Å². The van der Waals surface area contributed by atoms with Gasteiger partial charge in [0.1, 0.15) is 0 Å². The van der Waals surface area contributed by atoms with Gasteiger partial charge in [0.15, 0.2) is 0 Å². The van der Waals surface area contributed by atoms with Gasteiger partial charge in [-0.1, -0.05) is 25.5 Å². The molecule has 0 N–H and O–H groups in total. The highest BCUT2D eigenvalue weighted by atomic mass is 16.5. The molecule has 0 amide bonds. The van der Waals surface area contributed by atoms with E-state index in [0.717, 1.165) is 52.3 Å². The summed E-state index contributed by atoms with van der Waals surface area (Å²) in [5.74, 6) is 0.576. The lowest BCUT2D eigenvalue weighted by Crippen LogP contribution is -2.51. The van der Waals surface area contributed by atoms with Gasteiger partial charge in [-0.15, -0.1) is 0 Å². The van der Waals surface area contributed by atoms with Crippen LogP contribution >= 0.6 is 0 Å². The van der Waals surface area contributed by atoms with Crippen molar-refractivity contribution >= 4 is 0 Å². The van der Waals surface area contributed by atoms with Crippen LogP contribution in [0.25, 0.3) is 0 Å². The molecule has 1 saturated carbocycles. The number of rotatable bonds is 5. The van der Waals surface area contributed by atoms with E-state index >= 15 is 0 Å². The highest BCUT2D eigenvalue weighted by molar-refractivity contribution is 5.44. The molecule has 2 fully saturated rings. The number of fused-ring (bicyclic) bond motifs is 1. The van der Waals surface area contributed by atoms with Crippen molar-refractivity contribution in [2.24, 2.45) is 5.92 Å². The summed E-state index contributed by atoms with van der Waals surface area (Å²) in [4.78, 5) is 2.44. The molecule has 1 saturated heterocycles. The van der Waals surface area contributed by atoms with Gasteiger partial charge >= 0.3 is 0 Å². The highest BCUT2D eigenvalue weighted by Gasteiger charge is 2.49. The molecule has 4 rings (SSSR count). The molecule has 1 aliphatic heterocycles. The molecule has 2 unspecified atom stereocenters. The summed E-state index contributed by atoms with van der Waals surface area (Å²) >= 11 is 0. The molecule has 0 aromatic rings. The van der Waals surface area contributed by atoms with Gasteiger partial charge in [0, 0.05) is 32.0 Å². The lowest BCUT2D eigenvalue weighted by Gasteiger charge is -2.51. The van der Waals surface area contributed by atoms with Gasteiger partial charge in [0.25, 0.3) is 0 Å². The normalized spacial score (nSPS) is 34.5. The Labute approximate surface area is 116 Å². The van der Waals surface area contributed by atoms with Gasteiger partial charge in [0.05, 0.1) is 25.4 Å². The third-order valence-corrected chi connectivity index (χ3v) is 4.86. The van der Waals surface area contributed by atoms with E-state index < -0.39 is 0 Å². The molecule has 3 nitrogen and oxygen atoms in total. The molecular formula is C16H25NO2. The largest absolute Gasteiger partial charge is 0.379 e. The highest BCUT2D eigenvalue weighted by Crippen LogP contribution is 2.51. The fourth-order valence-corrected chi connectivity index (χ4v) is 3.36. The standard InChI is InChI=1S/C16H25NO2/c1-3-14-10-15-12-16(11-14,13(15)2)19-9-6-17-4-7-18-8-5-17/h10-11,13H,3-9,12H2,1-2H3. The minimum absolute atomic E-state index is 0.0156. The molecule has 106 valence electrons. The Morgan fingerprint density at radius 1 is 1.42 bits per heavy atom. The number of nitrogens with zero attached hydrogens (tertiary/aromatic N) is 1. The van der Waals surface area contributed by atoms with Crippen LogP contribution in [0.15, 0.2) is 23.3 Å². The van der Waals surface area contributed by atoms with Crippen LogP contribution < -0.4 is 0 Å². The molecule has 0 aromatic heterocycles. The Morgan fingerprint density at radius 3 is 2.89 bits per heavy atom. The number of hydrogen-bond acceptors (Lipinski definition) is 3. The molecule has 2 atom stereocenters. The summed E-state index contributed by atoms with van der Waals surface area (Å²) in [5, 5.41) is 0. The van der Waals surface area contributed by atoms with Crippen molar-refractivity contribution in [1.29, 1.82) is 0 Å². The summed E-state index contributed by atoms with van der Waals surface area (Å²) < 4.78 is 11.7. The molecular weight excluding hydrogens is 238 g/mol. The van der Waals surface area contributed by atoms with E-state index in [2.05, 4.69) is 30.9 Å². The molecule has 19 heavy (non-hydrogen) atoms. The Bertz CT molecular complexity index is 396. The fraction of sp³-hybridized carbons (Fsp3) is 0.750. The first-order chi connectivity index (χ1) is 9.23. The summed E-state index contributed by atoms with van der Waals surface area (Å²) in [6.07, 6.45) is 6.98. The van der Waals surface area contributed by atoms with E-state index in [1.807, 2.05) is 0 Å². The summed E-state index contributed by atoms with van der Waals surface area (Å²) in [7, 11) is 0. The second-order valence-electron chi connectivity index (χ2n) is 5.95. The summed E-state index contributed by atoms with van der Waals surface area (Å²) in [6, 6.07) is 0. The van der Waals surface area contributed by atoms with Crippen molar-refractivity contribution < 1.29 is 9.47 Å². The van der Waals surface area contributed by atoms with Gasteiger partial charge in [-0.2, -0.15) is 0 Å². The minimum atomic E-state index is 0.0156. The van der Waals surface area contributed by atoms with Crippen molar-refractivity contribution in [3.05, 3.63) is 23.3 Å². The molecule has 0 spiro atoms. The van der Waals surface area contributed by atoms with E-state index in [-0.39, 0.29) is 5.60 Å². The van der Waals surface area contributed by atoms with E-state index in [4.69, 9.17) is 9.47 Å². The van der Waals surface area contributed by atoms with Crippen LogP contribution in [0.2, 0.25) is 0 Å². The van der Waals surface area contributed by atoms with Crippen molar-refractivity contribution in [3.8, 4) is 0 Å². The van der Waals surface area contributed by atoms with Gasteiger partial charge in [-0.25, -0.2) is 0 Å². The lowest BCUT2D eigenvalue weighted by molar-refractivity contribution is -0.0834. The molecule has 0 aromatic carbocycles. The second-order valence-corrected chi connectivity index (χ2v) is 5.95. The zero-order valence-electron chi connectivity index (χ0n) is 12.2. The lowest BCUT2D eigenvalue weighted by atomic mass is 9.62. The van der Waals surface area contributed by atoms with Crippen LogP contribution in [-0.2, 0) is 9.47 Å². The van der Waals surface area contributed by atoms with Crippen LogP contribution in [0.3, 0.4) is 0 Å². The average Bonchev–Trinajstić information content (AvgIpc) is 2.47. The molecule has 1 heterocycles. The second kappa shape index (κ2) is 5.39. The summed E-state index contributed by atoms with van der Waals surface area (Å²) in [5.41, 5.74) is 3.04. The molecule has 3 heteroatoms. The number of morpholine rings is 1. The van der Waals surface area contributed by atoms with Crippen LogP contribution in [-0.4, -0.2) is 50.0 Å². The Hall–Kier alpha value is -0.640. The summed E-state index contributed by atoms with van der Waals surface area (Å²) in [6.45, 7) is 10.2. The van der Waals surface area contributed by atoms with E-state index in [1.165, 1.54) is 5.57 Å². The van der Waals surface area contributed by atoms with Gasteiger partial charge in [0.2, 0.25) is 0 Å².